The Morgan fingerprint density at radius 2 is 1.85 bits per heavy atom. The number of hydrogen-bond acceptors (Lipinski definition) is 6. The first kappa shape index (κ1) is 16.1. The Kier molecular flexibility index (Phi) is 5.59. The van der Waals surface area contributed by atoms with Crippen LogP contribution in [0.25, 0.3) is 0 Å². The number of aryl methyl sites for hydroxylation is 1. The summed E-state index contributed by atoms with van der Waals surface area (Å²) in [6.07, 6.45) is 0.0924. The minimum absolute atomic E-state index is 0.200. The highest BCUT2D eigenvalue weighted by Gasteiger charge is 2.21. The smallest absolute Gasteiger partial charge is 0.350 e. The second-order valence-electron chi connectivity index (χ2n) is 3.92. The second-order valence-corrected chi connectivity index (χ2v) is 3.92. The zero-order chi connectivity index (χ0) is 15.3. The van der Waals surface area contributed by atoms with Crippen LogP contribution in [-0.2, 0) is 23.1 Å². The van der Waals surface area contributed by atoms with Gasteiger partial charge in [-0.15, -0.1) is 0 Å². The fourth-order valence-corrected chi connectivity index (χ4v) is 1.67. The Labute approximate surface area is 114 Å². The normalized spacial score (nSPS) is 11.0. The van der Waals surface area contributed by atoms with E-state index in [4.69, 9.17) is 9.47 Å². The lowest BCUT2D eigenvalue weighted by atomic mass is 10.5. The second kappa shape index (κ2) is 6.96. The van der Waals surface area contributed by atoms with E-state index in [1.54, 1.807) is 13.8 Å². The van der Waals surface area contributed by atoms with Crippen LogP contribution in [0.5, 0.6) is 0 Å². The molecule has 112 valence electrons. The Hall–Kier alpha value is -2.00. The molecule has 0 fully saturated rings. The van der Waals surface area contributed by atoms with Gasteiger partial charge in [0.25, 0.3) is 0 Å². The minimum atomic E-state index is -0.970. The molecule has 0 atom stereocenters. The zero-order valence-electron chi connectivity index (χ0n) is 11.6. The summed E-state index contributed by atoms with van der Waals surface area (Å²) < 4.78 is 12.2. The van der Waals surface area contributed by atoms with Crippen molar-refractivity contribution in [2.75, 3.05) is 13.2 Å². The lowest BCUT2D eigenvalue weighted by Gasteiger charge is -2.17. The number of rotatable bonds is 7. The molecular weight excluding hydrogens is 270 g/mol. The van der Waals surface area contributed by atoms with Crippen molar-refractivity contribution in [2.45, 2.75) is 26.7 Å². The van der Waals surface area contributed by atoms with Crippen molar-refractivity contribution in [2.24, 2.45) is 7.05 Å². The summed E-state index contributed by atoms with van der Waals surface area (Å²) >= 11 is 0. The molecule has 20 heavy (non-hydrogen) atoms. The van der Waals surface area contributed by atoms with Crippen LogP contribution < -0.4 is 11.2 Å². The van der Waals surface area contributed by atoms with Crippen LogP contribution in [0.4, 0.5) is 5.69 Å². The third-order valence-electron chi connectivity index (χ3n) is 2.55. The highest BCUT2D eigenvalue weighted by molar-refractivity contribution is 5.21. The van der Waals surface area contributed by atoms with E-state index >= 15 is 0 Å². The summed E-state index contributed by atoms with van der Waals surface area (Å²) in [5.74, 6) is 0. The summed E-state index contributed by atoms with van der Waals surface area (Å²) in [7, 11) is 1.33. The quantitative estimate of drug-likeness (QED) is 0.392. The molecule has 0 aliphatic carbocycles. The number of nitrogens with zero attached hydrogens (tertiary/aromatic N) is 3. The van der Waals surface area contributed by atoms with Gasteiger partial charge in [0.05, 0.1) is 17.7 Å². The molecule has 1 heterocycles. The summed E-state index contributed by atoms with van der Waals surface area (Å²) in [6, 6.07) is 0. The molecule has 9 heteroatoms. The molecule has 1 aromatic rings. The monoisotopic (exact) mass is 287 g/mol. The van der Waals surface area contributed by atoms with E-state index in [0.717, 1.165) is 15.3 Å². The number of nitro groups is 1. The van der Waals surface area contributed by atoms with E-state index in [1.165, 1.54) is 7.05 Å². The van der Waals surface area contributed by atoms with Crippen LogP contribution in [0.2, 0.25) is 0 Å². The molecule has 0 N–H and O–H groups in total. The molecular formula is C11H17N3O6. The molecule has 0 unspecified atom stereocenters. The average Bonchev–Trinajstić information content (AvgIpc) is 2.39. The van der Waals surface area contributed by atoms with Crippen LogP contribution in [0, 0.1) is 10.1 Å². The van der Waals surface area contributed by atoms with Crippen molar-refractivity contribution in [3.05, 3.63) is 37.1 Å². The van der Waals surface area contributed by atoms with Crippen LogP contribution >= 0.6 is 0 Å². The number of aromatic nitrogens is 2. The summed E-state index contributed by atoms with van der Waals surface area (Å²) in [5, 5.41) is 10.8. The van der Waals surface area contributed by atoms with Crippen molar-refractivity contribution < 1.29 is 14.4 Å². The molecule has 0 aliphatic heterocycles. The lowest BCUT2D eigenvalue weighted by molar-refractivity contribution is -0.387. The molecule has 0 amide bonds. The first-order chi connectivity index (χ1) is 9.42. The molecule has 0 spiro atoms. The van der Waals surface area contributed by atoms with Gasteiger partial charge >= 0.3 is 16.9 Å². The fraction of sp³-hybridized carbons (Fsp3) is 0.636. The fourth-order valence-electron chi connectivity index (χ4n) is 1.67. The van der Waals surface area contributed by atoms with Gasteiger partial charge in [-0.2, -0.15) is 0 Å². The lowest BCUT2D eigenvalue weighted by Crippen LogP contribution is -2.43. The van der Waals surface area contributed by atoms with E-state index in [9.17, 15) is 19.7 Å². The largest absolute Gasteiger partial charge is 0.351 e. The molecule has 0 radical (unpaired) electrons. The van der Waals surface area contributed by atoms with Crippen molar-refractivity contribution in [3.8, 4) is 0 Å². The van der Waals surface area contributed by atoms with Gasteiger partial charge in [0.2, 0.25) is 0 Å². The van der Waals surface area contributed by atoms with Crippen LogP contribution in [-0.4, -0.2) is 33.6 Å². The maximum atomic E-state index is 11.9. The van der Waals surface area contributed by atoms with Crippen LogP contribution in [0.3, 0.4) is 0 Å². The summed E-state index contributed by atoms with van der Waals surface area (Å²) in [6.45, 7) is 3.93. The minimum Gasteiger partial charge on any atom is -0.351 e. The SMILES string of the molecule is CCOC(Cn1c(=O)c([N+](=O)[O-])cn(C)c1=O)OCC. The standard InChI is InChI=1S/C11H17N3O6/c1-4-19-9(20-5-2)7-13-10(15)8(14(17)18)6-12(3)11(13)16/h6,9H,4-5,7H2,1-3H3. The Morgan fingerprint density at radius 3 is 2.30 bits per heavy atom. The maximum absolute atomic E-state index is 11.9. The summed E-state index contributed by atoms with van der Waals surface area (Å²) in [5.41, 5.74) is -2.30. The van der Waals surface area contributed by atoms with Gasteiger partial charge in [0.1, 0.15) is 0 Å². The third-order valence-corrected chi connectivity index (χ3v) is 2.55. The Bertz CT molecular complexity index is 585. The number of ether oxygens (including phenoxy) is 2. The van der Waals surface area contributed by atoms with Gasteiger partial charge in [-0.3, -0.25) is 19.5 Å². The van der Waals surface area contributed by atoms with Crippen molar-refractivity contribution in [3.63, 3.8) is 0 Å². The molecule has 0 aromatic carbocycles. The maximum Gasteiger partial charge on any atom is 0.350 e. The van der Waals surface area contributed by atoms with Crippen LogP contribution in [0.15, 0.2) is 15.8 Å². The predicted molar refractivity (Wildman–Crippen MR) is 69.6 cm³/mol. The zero-order valence-corrected chi connectivity index (χ0v) is 11.6. The van der Waals surface area contributed by atoms with E-state index in [1.807, 2.05) is 0 Å². The molecule has 0 aliphatic rings. The van der Waals surface area contributed by atoms with E-state index < -0.39 is 28.1 Å². The van der Waals surface area contributed by atoms with Crippen molar-refractivity contribution >= 4 is 5.69 Å². The van der Waals surface area contributed by atoms with Crippen molar-refractivity contribution in [1.29, 1.82) is 0 Å². The Morgan fingerprint density at radius 1 is 1.30 bits per heavy atom. The van der Waals surface area contributed by atoms with Gasteiger partial charge < -0.3 is 9.47 Å². The highest BCUT2D eigenvalue weighted by atomic mass is 16.7. The molecule has 0 saturated carbocycles. The molecule has 0 bridgehead atoms. The van der Waals surface area contributed by atoms with Gasteiger partial charge in [-0.05, 0) is 13.8 Å². The van der Waals surface area contributed by atoms with E-state index in [2.05, 4.69) is 0 Å². The number of hydrogen-bond donors (Lipinski definition) is 0. The Balaban J connectivity index is 3.26. The predicted octanol–water partition coefficient (Wildman–Crippen LogP) is -0.146. The summed E-state index contributed by atoms with van der Waals surface area (Å²) in [4.78, 5) is 33.8. The van der Waals surface area contributed by atoms with Gasteiger partial charge in [-0.1, -0.05) is 0 Å². The van der Waals surface area contributed by atoms with E-state index in [-0.39, 0.29) is 6.54 Å². The topological polar surface area (TPSA) is 106 Å². The first-order valence-electron chi connectivity index (χ1n) is 6.10. The average molecular weight is 287 g/mol. The molecule has 0 saturated heterocycles. The van der Waals surface area contributed by atoms with E-state index in [0.29, 0.717) is 13.2 Å². The molecule has 1 rings (SSSR count). The highest BCUT2D eigenvalue weighted by Crippen LogP contribution is 2.02. The van der Waals surface area contributed by atoms with Crippen molar-refractivity contribution in [1.82, 2.24) is 9.13 Å². The third kappa shape index (κ3) is 3.52. The van der Waals surface area contributed by atoms with Crippen LogP contribution in [0.1, 0.15) is 13.8 Å². The van der Waals surface area contributed by atoms with Gasteiger partial charge in [-0.25, -0.2) is 9.36 Å². The first-order valence-corrected chi connectivity index (χ1v) is 6.10. The van der Waals surface area contributed by atoms with Gasteiger partial charge in [0.15, 0.2) is 6.29 Å². The molecule has 9 nitrogen and oxygen atoms in total. The molecule has 1 aromatic heterocycles. The van der Waals surface area contributed by atoms with Gasteiger partial charge in [0, 0.05) is 20.3 Å².